The van der Waals surface area contributed by atoms with Crippen LogP contribution in [0.25, 0.3) is 16.6 Å². The Balaban J connectivity index is 1.23. The van der Waals surface area contributed by atoms with E-state index in [1.54, 1.807) is 10.9 Å². The standard InChI is InChI=1S/C26H24N6O/c1-2-8-20(9-3-1)14-16-27-18-21-10-6-11-22(29-21)19-33-26-24-13-5-4-12-23(24)25(30-31-26)32-17-7-15-28-32/h1-13,15,17,27H,14,16,18-19H2. The van der Waals surface area contributed by atoms with E-state index in [-0.39, 0.29) is 0 Å². The van der Waals surface area contributed by atoms with Gasteiger partial charge < -0.3 is 10.1 Å². The Bertz CT molecular complexity index is 1320. The summed E-state index contributed by atoms with van der Waals surface area (Å²) in [6.07, 6.45) is 4.56. The highest BCUT2D eigenvalue weighted by Gasteiger charge is 2.12. The van der Waals surface area contributed by atoms with Gasteiger partial charge in [0.15, 0.2) is 5.82 Å². The molecule has 0 amide bonds. The highest BCUT2D eigenvalue weighted by atomic mass is 16.5. The highest BCUT2D eigenvalue weighted by molar-refractivity contribution is 5.91. The lowest BCUT2D eigenvalue weighted by Crippen LogP contribution is -2.17. The molecule has 0 atom stereocenters. The Morgan fingerprint density at radius 3 is 2.45 bits per heavy atom. The van der Waals surface area contributed by atoms with Gasteiger partial charge in [-0.3, -0.25) is 4.98 Å². The number of pyridine rings is 1. The van der Waals surface area contributed by atoms with Crippen LogP contribution in [0.5, 0.6) is 5.88 Å². The fourth-order valence-corrected chi connectivity index (χ4v) is 3.68. The maximum absolute atomic E-state index is 6.03. The van der Waals surface area contributed by atoms with Crippen molar-refractivity contribution in [2.24, 2.45) is 0 Å². The third-order valence-electron chi connectivity index (χ3n) is 5.32. The molecule has 0 radical (unpaired) electrons. The minimum Gasteiger partial charge on any atom is -0.470 e. The Hall–Kier alpha value is -4.10. The van der Waals surface area contributed by atoms with Crippen molar-refractivity contribution < 1.29 is 4.74 Å². The van der Waals surface area contributed by atoms with Crippen LogP contribution >= 0.6 is 0 Å². The molecule has 0 fully saturated rings. The number of ether oxygens (including phenoxy) is 1. The molecule has 7 heteroatoms. The van der Waals surface area contributed by atoms with Gasteiger partial charge in [0.2, 0.25) is 5.88 Å². The molecule has 1 N–H and O–H groups in total. The van der Waals surface area contributed by atoms with Gasteiger partial charge in [0.05, 0.1) is 11.4 Å². The number of nitrogens with zero attached hydrogens (tertiary/aromatic N) is 5. The summed E-state index contributed by atoms with van der Waals surface area (Å²) in [5.74, 6) is 1.15. The molecule has 0 saturated carbocycles. The fourth-order valence-electron chi connectivity index (χ4n) is 3.68. The van der Waals surface area contributed by atoms with Crippen LogP contribution in [0.15, 0.2) is 91.3 Å². The highest BCUT2D eigenvalue weighted by Crippen LogP contribution is 2.26. The van der Waals surface area contributed by atoms with Gasteiger partial charge in [-0.05, 0) is 42.8 Å². The number of nitrogens with one attached hydrogen (secondary N) is 1. The van der Waals surface area contributed by atoms with Crippen LogP contribution in [-0.4, -0.2) is 31.5 Å². The monoisotopic (exact) mass is 436 g/mol. The molecule has 0 aliphatic heterocycles. The summed E-state index contributed by atoms with van der Waals surface area (Å²) in [6, 6.07) is 26.2. The third kappa shape index (κ3) is 5.05. The molecule has 164 valence electrons. The van der Waals surface area contributed by atoms with Crippen LogP contribution in [0.2, 0.25) is 0 Å². The molecule has 7 nitrogen and oxygen atoms in total. The van der Waals surface area contributed by atoms with Crippen molar-refractivity contribution in [1.29, 1.82) is 0 Å². The Morgan fingerprint density at radius 2 is 1.61 bits per heavy atom. The number of rotatable bonds is 9. The Labute approximate surface area is 192 Å². The molecule has 0 unspecified atom stereocenters. The van der Waals surface area contributed by atoms with Crippen molar-refractivity contribution in [1.82, 2.24) is 30.3 Å². The second-order valence-electron chi connectivity index (χ2n) is 7.65. The maximum Gasteiger partial charge on any atom is 0.241 e. The number of hydrogen-bond donors (Lipinski definition) is 1. The van der Waals surface area contributed by atoms with Gasteiger partial charge in [0.1, 0.15) is 6.61 Å². The van der Waals surface area contributed by atoms with E-state index >= 15 is 0 Å². The lowest BCUT2D eigenvalue weighted by Gasteiger charge is -2.11. The molecule has 5 aromatic rings. The normalized spacial score (nSPS) is 11.0. The van der Waals surface area contributed by atoms with Gasteiger partial charge in [-0.15, -0.1) is 10.2 Å². The largest absolute Gasteiger partial charge is 0.470 e. The number of hydrogen-bond acceptors (Lipinski definition) is 6. The molecule has 0 aliphatic carbocycles. The summed E-state index contributed by atoms with van der Waals surface area (Å²) in [5.41, 5.74) is 3.15. The van der Waals surface area contributed by atoms with Crippen molar-refractivity contribution in [3.63, 3.8) is 0 Å². The van der Waals surface area contributed by atoms with Crippen molar-refractivity contribution in [3.05, 3.63) is 108 Å². The predicted octanol–water partition coefficient (Wildman–Crippen LogP) is 4.12. The summed E-state index contributed by atoms with van der Waals surface area (Å²) in [6.45, 7) is 1.93. The van der Waals surface area contributed by atoms with E-state index in [1.165, 1.54) is 5.56 Å². The van der Waals surface area contributed by atoms with Crippen LogP contribution in [0.3, 0.4) is 0 Å². The molecule has 3 heterocycles. The molecule has 0 bridgehead atoms. The summed E-state index contributed by atoms with van der Waals surface area (Å²) in [4.78, 5) is 4.72. The van der Waals surface area contributed by atoms with E-state index in [9.17, 15) is 0 Å². The molecular formula is C26H24N6O. The Morgan fingerprint density at radius 1 is 0.788 bits per heavy atom. The molecule has 0 spiro atoms. The first-order valence-corrected chi connectivity index (χ1v) is 10.9. The second kappa shape index (κ2) is 10.0. The predicted molar refractivity (Wildman–Crippen MR) is 127 cm³/mol. The lowest BCUT2D eigenvalue weighted by atomic mass is 10.1. The van der Waals surface area contributed by atoms with Crippen molar-refractivity contribution >= 4 is 10.8 Å². The Kier molecular flexibility index (Phi) is 6.31. The van der Waals surface area contributed by atoms with Gasteiger partial charge in [-0.1, -0.05) is 54.6 Å². The van der Waals surface area contributed by atoms with E-state index in [2.05, 4.69) is 44.9 Å². The summed E-state index contributed by atoms with van der Waals surface area (Å²) >= 11 is 0. The van der Waals surface area contributed by atoms with E-state index < -0.39 is 0 Å². The zero-order chi connectivity index (χ0) is 22.3. The molecule has 3 aromatic heterocycles. The second-order valence-corrected chi connectivity index (χ2v) is 7.65. The molecule has 2 aromatic carbocycles. The van der Waals surface area contributed by atoms with E-state index in [4.69, 9.17) is 9.72 Å². The van der Waals surface area contributed by atoms with E-state index in [0.717, 1.165) is 35.1 Å². The molecule has 5 rings (SSSR count). The minimum atomic E-state index is 0.317. The number of aromatic nitrogens is 5. The van der Waals surface area contributed by atoms with E-state index in [1.807, 2.05) is 60.8 Å². The quantitative estimate of drug-likeness (QED) is 0.350. The summed E-state index contributed by atoms with van der Waals surface area (Å²) < 4.78 is 7.73. The minimum absolute atomic E-state index is 0.317. The van der Waals surface area contributed by atoms with Crippen molar-refractivity contribution in [2.75, 3.05) is 6.54 Å². The van der Waals surface area contributed by atoms with Gasteiger partial charge >= 0.3 is 0 Å². The molecule has 0 aliphatic rings. The molecular weight excluding hydrogens is 412 g/mol. The van der Waals surface area contributed by atoms with Gasteiger partial charge in [0, 0.05) is 29.7 Å². The van der Waals surface area contributed by atoms with Crippen LogP contribution in [-0.2, 0) is 19.6 Å². The first-order chi connectivity index (χ1) is 16.4. The first-order valence-electron chi connectivity index (χ1n) is 10.9. The molecule has 0 saturated heterocycles. The van der Waals surface area contributed by atoms with Crippen LogP contribution in [0.4, 0.5) is 0 Å². The smallest absolute Gasteiger partial charge is 0.241 e. The number of fused-ring (bicyclic) bond motifs is 1. The maximum atomic E-state index is 6.03. The van der Waals surface area contributed by atoms with Crippen LogP contribution in [0.1, 0.15) is 17.0 Å². The zero-order valence-electron chi connectivity index (χ0n) is 18.1. The van der Waals surface area contributed by atoms with Crippen LogP contribution < -0.4 is 10.1 Å². The summed E-state index contributed by atoms with van der Waals surface area (Å²) in [7, 11) is 0. The number of benzene rings is 2. The van der Waals surface area contributed by atoms with Crippen LogP contribution in [0, 0.1) is 0 Å². The topological polar surface area (TPSA) is 77.8 Å². The van der Waals surface area contributed by atoms with Crippen molar-refractivity contribution in [2.45, 2.75) is 19.6 Å². The SMILES string of the molecule is c1ccc(CCNCc2cccc(COc3nnc(-n4cccn4)c4ccccc34)n2)cc1. The zero-order valence-corrected chi connectivity index (χ0v) is 18.1. The summed E-state index contributed by atoms with van der Waals surface area (Å²) in [5, 5.41) is 18.2. The third-order valence-corrected chi connectivity index (χ3v) is 5.32. The lowest BCUT2D eigenvalue weighted by molar-refractivity contribution is 0.289. The first kappa shape index (κ1) is 20.8. The molecule has 33 heavy (non-hydrogen) atoms. The average molecular weight is 437 g/mol. The average Bonchev–Trinajstić information content (AvgIpc) is 3.41. The van der Waals surface area contributed by atoms with E-state index in [0.29, 0.717) is 24.8 Å². The van der Waals surface area contributed by atoms with Gasteiger partial charge in [-0.2, -0.15) is 5.10 Å². The van der Waals surface area contributed by atoms with Gasteiger partial charge in [0.25, 0.3) is 0 Å². The van der Waals surface area contributed by atoms with Gasteiger partial charge in [-0.25, -0.2) is 4.68 Å². The van der Waals surface area contributed by atoms with Crippen molar-refractivity contribution in [3.8, 4) is 11.7 Å². The fraction of sp³-hybridized carbons (Fsp3) is 0.154.